The molecule has 2 saturated heterocycles. The Morgan fingerprint density at radius 3 is 2.70 bits per heavy atom. The Balaban J connectivity index is 1.60. The monoisotopic (exact) mass is 274 g/mol. The summed E-state index contributed by atoms with van der Waals surface area (Å²) >= 11 is 0. The summed E-state index contributed by atoms with van der Waals surface area (Å²) in [5.74, 6) is 0. The first-order valence-electron chi connectivity index (χ1n) is 7.29. The molecule has 0 N–H and O–H groups in total. The van der Waals surface area contributed by atoms with Gasteiger partial charge in [-0.05, 0) is 30.5 Å². The highest BCUT2D eigenvalue weighted by Crippen LogP contribution is 2.30. The van der Waals surface area contributed by atoms with Gasteiger partial charge in [0.25, 0.3) is 0 Å². The molecular formula is C16H22N2O2. The van der Waals surface area contributed by atoms with Crippen molar-refractivity contribution in [3.05, 3.63) is 30.3 Å². The van der Waals surface area contributed by atoms with Crippen LogP contribution in [0.1, 0.15) is 20.3 Å². The fourth-order valence-corrected chi connectivity index (χ4v) is 3.10. The molecule has 0 unspecified atom stereocenters. The minimum absolute atomic E-state index is 0.0170. The molecule has 2 heterocycles. The molecule has 2 aliphatic rings. The van der Waals surface area contributed by atoms with Gasteiger partial charge in [0.15, 0.2) is 0 Å². The lowest BCUT2D eigenvalue weighted by atomic mass is 9.93. The zero-order chi connectivity index (χ0) is 14.2. The Kier molecular flexibility index (Phi) is 3.42. The van der Waals surface area contributed by atoms with Crippen molar-refractivity contribution < 1.29 is 9.53 Å². The zero-order valence-electron chi connectivity index (χ0n) is 12.2. The second-order valence-corrected chi connectivity index (χ2v) is 6.60. The van der Waals surface area contributed by atoms with Crippen LogP contribution in [0.2, 0.25) is 0 Å². The molecular weight excluding hydrogens is 252 g/mol. The summed E-state index contributed by atoms with van der Waals surface area (Å²) in [6, 6.07) is 9.73. The van der Waals surface area contributed by atoms with E-state index in [1.807, 2.05) is 30.3 Å². The lowest BCUT2D eigenvalue weighted by Gasteiger charge is -2.21. The number of hydrogen-bond donors (Lipinski definition) is 0. The fraction of sp³-hybridized carbons (Fsp3) is 0.562. The SMILES string of the molecule is CC1(C)CCN(C[C@H]2CN(c3ccccc3)C(=O)O2)C1. The highest BCUT2D eigenvalue weighted by Gasteiger charge is 2.36. The van der Waals surface area contributed by atoms with Crippen LogP contribution in [0.5, 0.6) is 0 Å². The van der Waals surface area contributed by atoms with Gasteiger partial charge in [-0.15, -0.1) is 0 Å². The number of benzene rings is 1. The summed E-state index contributed by atoms with van der Waals surface area (Å²) in [5.41, 5.74) is 1.31. The number of anilines is 1. The zero-order valence-corrected chi connectivity index (χ0v) is 12.2. The van der Waals surface area contributed by atoms with Crippen LogP contribution >= 0.6 is 0 Å². The molecule has 108 valence electrons. The van der Waals surface area contributed by atoms with Crippen LogP contribution in [-0.4, -0.2) is 43.3 Å². The minimum Gasteiger partial charge on any atom is -0.443 e. The van der Waals surface area contributed by atoms with E-state index in [2.05, 4.69) is 18.7 Å². The maximum absolute atomic E-state index is 12.0. The number of hydrogen-bond acceptors (Lipinski definition) is 3. The third-order valence-corrected chi connectivity index (χ3v) is 4.16. The molecule has 0 saturated carbocycles. The second kappa shape index (κ2) is 5.09. The van der Waals surface area contributed by atoms with Gasteiger partial charge < -0.3 is 4.74 Å². The topological polar surface area (TPSA) is 32.8 Å². The van der Waals surface area contributed by atoms with E-state index in [0.717, 1.165) is 25.3 Å². The van der Waals surface area contributed by atoms with E-state index >= 15 is 0 Å². The molecule has 1 atom stereocenters. The van der Waals surface area contributed by atoms with Gasteiger partial charge in [0, 0.05) is 18.8 Å². The van der Waals surface area contributed by atoms with E-state index in [1.165, 1.54) is 6.42 Å². The van der Waals surface area contributed by atoms with Crippen molar-refractivity contribution in [1.82, 2.24) is 4.90 Å². The van der Waals surface area contributed by atoms with Crippen molar-refractivity contribution in [2.75, 3.05) is 31.1 Å². The van der Waals surface area contributed by atoms with Gasteiger partial charge in [0.05, 0.1) is 6.54 Å². The summed E-state index contributed by atoms with van der Waals surface area (Å²) < 4.78 is 5.50. The average Bonchev–Trinajstić information content (AvgIpc) is 2.94. The van der Waals surface area contributed by atoms with Gasteiger partial charge in [0.1, 0.15) is 6.10 Å². The highest BCUT2D eigenvalue weighted by molar-refractivity contribution is 5.89. The van der Waals surface area contributed by atoms with Gasteiger partial charge in [0.2, 0.25) is 0 Å². The standard InChI is InChI=1S/C16H22N2O2/c1-16(2)8-9-17(12-16)10-14-11-18(15(19)20-14)13-6-4-3-5-7-13/h3-7,14H,8-12H2,1-2H3/t14-/m0/s1. The molecule has 4 heteroatoms. The number of likely N-dealkylation sites (tertiary alicyclic amines) is 1. The van der Waals surface area contributed by atoms with Crippen LogP contribution in [0.3, 0.4) is 0 Å². The smallest absolute Gasteiger partial charge is 0.414 e. The Morgan fingerprint density at radius 2 is 2.05 bits per heavy atom. The number of carbonyl (C=O) groups excluding carboxylic acids is 1. The molecule has 2 aliphatic heterocycles. The normalized spacial score (nSPS) is 26.0. The number of carbonyl (C=O) groups is 1. The predicted molar refractivity (Wildman–Crippen MR) is 78.9 cm³/mol. The van der Waals surface area contributed by atoms with Crippen LogP contribution in [0.15, 0.2) is 30.3 Å². The molecule has 1 amide bonds. The van der Waals surface area contributed by atoms with Crippen LogP contribution in [0.4, 0.5) is 10.5 Å². The van der Waals surface area contributed by atoms with Crippen LogP contribution < -0.4 is 4.90 Å². The highest BCUT2D eigenvalue weighted by atomic mass is 16.6. The van der Waals surface area contributed by atoms with E-state index in [-0.39, 0.29) is 12.2 Å². The minimum atomic E-state index is -0.223. The lowest BCUT2D eigenvalue weighted by molar-refractivity contribution is 0.113. The van der Waals surface area contributed by atoms with Crippen molar-refractivity contribution in [2.45, 2.75) is 26.4 Å². The molecule has 0 bridgehead atoms. The summed E-state index contributed by atoms with van der Waals surface area (Å²) in [5, 5.41) is 0. The number of nitrogens with zero attached hydrogens (tertiary/aromatic N) is 2. The van der Waals surface area contributed by atoms with E-state index in [1.54, 1.807) is 4.90 Å². The van der Waals surface area contributed by atoms with E-state index in [4.69, 9.17) is 4.74 Å². The third kappa shape index (κ3) is 2.80. The summed E-state index contributed by atoms with van der Waals surface area (Å²) in [4.78, 5) is 16.1. The van der Waals surface area contributed by atoms with Crippen LogP contribution in [0, 0.1) is 5.41 Å². The van der Waals surface area contributed by atoms with Gasteiger partial charge in [-0.1, -0.05) is 32.0 Å². The first-order valence-corrected chi connectivity index (χ1v) is 7.29. The molecule has 2 fully saturated rings. The number of para-hydroxylation sites is 1. The largest absolute Gasteiger partial charge is 0.443 e. The fourth-order valence-electron chi connectivity index (χ4n) is 3.10. The van der Waals surface area contributed by atoms with E-state index in [0.29, 0.717) is 12.0 Å². The second-order valence-electron chi connectivity index (χ2n) is 6.60. The first kappa shape index (κ1) is 13.4. The maximum Gasteiger partial charge on any atom is 0.414 e. The first-order chi connectivity index (χ1) is 9.53. The van der Waals surface area contributed by atoms with Gasteiger partial charge >= 0.3 is 6.09 Å². The van der Waals surface area contributed by atoms with Crippen molar-refractivity contribution in [3.8, 4) is 0 Å². The van der Waals surface area contributed by atoms with Crippen molar-refractivity contribution in [2.24, 2.45) is 5.41 Å². The molecule has 1 aromatic carbocycles. The number of amides is 1. The van der Waals surface area contributed by atoms with Gasteiger partial charge in [-0.3, -0.25) is 9.80 Å². The van der Waals surface area contributed by atoms with E-state index < -0.39 is 0 Å². The molecule has 0 radical (unpaired) electrons. The molecule has 1 aromatic rings. The van der Waals surface area contributed by atoms with Crippen LogP contribution in [-0.2, 0) is 4.74 Å². The summed E-state index contributed by atoms with van der Waals surface area (Å²) in [6.07, 6.45) is 0.979. The molecule has 3 rings (SSSR count). The lowest BCUT2D eigenvalue weighted by Crippen LogP contribution is -2.34. The average molecular weight is 274 g/mol. The number of ether oxygens (including phenoxy) is 1. The van der Waals surface area contributed by atoms with Crippen molar-refractivity contribution >= 4 is 11.8 Å². The van der Waals surface area contributed by atoms with Crippen LogP contribution in [0.25, 0.3) is 0 Å². The molecule has 20 heavy (non-hydrogen) atoms. The Bertz CT molecular complexity index is 487. The maximum atomic E-state index is 12.0. The summed E-state index contributed by atoms with van der Waals surface area (Å²) in [7, 11) is 0. The Morgan fingerprint density at radius 1 is 1.30 bits per heavy atom. The molecule has 0 aromatic heterocycles. The molecule has 4 nitrogen and oxygen atoms in total. The van der Waals surface area contributed by atoms with E-state index in [9.17, 15) is 4.79 Å². The molecule has 0 aliphatic carbocycles. The quantitative estimate of drug-likeness (QED) is 0.849. The Labute approximate surface area is 120 Å². The van der Waals surface area contributed by atoms with Gasteiger partial charge in [-0.2, -0.15) is 0 Å². The third-order valence-electron chi connectivity index (χ3n) is 4.16. The van der Waals surface area contributed by atoms with Gasteiger partial charge in [-0.25, -0.2) is 4.79 Å². The predicted octanol–water partition coefficient (Wildman–Crippen LogP) is 2.74. The van der Waals surface area contributed by atoms with Crippen molar-refractivity contribution in [1.29, 1.82) is 0 Å². The molecule has 0 spiro atoms. The number of rotatable bonds is 3. The number of cyclic esters (lactones) is 1. The Hall–Kier alpha value is -1.55. The summed E-state index contributed by atoms with van der Waals surface area (Å²) in [6.45, 7) is 8.28. The van der Waals surface area contributed by atoms with Crippen molar-refractivity contribution in [3.63, 3.8) is 0 Å².